The number of rotatable bonds is 5. The molecule has 5 aromatic rings. The van der Waals surface area contributed by atoms with Crippen molar-refractivity contribution in [3.63, 3.8) is 0 Å². The monoisotopic (exact) mass is 439 g/mol. The molecule has 164 valence electrons. The van der Waals surface area contributed by atoms with Crippen LogP contribution < -0.4 is 10.9 Å². The number of para-hydroxylation sites is 1. The van der Waals surface area contributed by atoms with Gasteiger partial charge in [-0.2, -0.15) is 10.2 Å². The summed E-state index contributed by atoms with van der Waals surface area (Å²) in [6.07, 6.45) is 2.82. The first kappa shape index (κ1) is 20.4. The summed E-state index contributed by atoms with van der Waals surface area (Å²) in [6.45, 7) is 1.84. The number of nitrogens with one attached hydrogen (secondary N) is 1. The average Bonchev–Trinajstić information content (AvgIpc) is 3.41. The highest BCUT2D eigenvalue weighted by atomic mass is 16.2. The second-order valence-electron chi connectivity index (χ2n) is 7.76. The van der Waals surface area contributed by atoms with Gasteiger partial charge in [-0.15, -0.1) is 0 Å². The van der Waals surface area contributed by atoms with Gasteiger partial charge in [0.2, 0.25) is 5.91 Å². The number of benzene rings is 2. The van der Waals surface area contributed by atoms with E-state index in [1.54, 1.807) is 11.7 Å². The van der Waals surface area contributed by atoms with Gasteiger partial charge >= 0.3 is 0 Å². The molecular weight excluding hydrogens is 418 g/mol. The third kappa shape index (κ3) is 3.91. The van der Waals surface area contributed by atoms with Crippen molar-refractivity contribution in [2.75, 3.05) is 5.32 Å². The van der Waals surface area contributed by atoms with E-state index in [2.05, 4.69) is 15.4 Å². The molecular formula is C24H21N7O2. The first-order valence-electron chi connectivity index (χ1n) is 10.4. The summed E-state index contributed by atoms with van der Waals surface area (Å²) in [5, 5.41) is 12.0. The first-order valence-corrected chi connectivity index (χ1v) is 10.4. The van der Waals surface area contributed by atoms with Crippen LogP contribution in [0.5, 0.6) is 0 Å². The number of aryl methyl sites for hydroxylation is 2. The van der Waals surface area contributed by atoms with Gasteiger partial charge < -0.3 is 5.32 Å². The Bertz CT molecular complexity index is 1510. The van der Waals surface area contributed by atoms with Crippen LogP contribution in [0.2, 0.25) is 0 Å². The fraction of sp³-hybridized carbons (Fsp3) is 0.125. The van der Waals surface area contributed by atoms with Crippen molar-refractivity contribution in [3.05, 3.63) is 89.1 Å². The topological polar surface area (TPSA) is 99.6 Å². The van der Waals surface area contributed by atoms with Gasteiger partial charge in [-0.3, -0.25) is 18.8 Å². The number of carbonyl (C=O) groups excluding carboxylic acids is 1. The molecule has 0 aliphatic rings. The van der Waals surface area contributed by atoms with Crippen molar-refractivity contribution in [1.29, 1.82) is 0 Å². The van der Waals surface area contributed by atoms with Crippen LogP contribution in [0.15, 0.2) is 78.0 Å². The molecule has 0 saturated heterocycles. The smallest absolute Gasteiger partial charge is 0.264 e. The standard InChI is InChI=1S/C24H21N7O2/c1-16-8-10-17(11-9-16)20-12-21(31(28-20)18-6-4-3-5-7-18)27-22(32)14-30-15-25-23-19(24(30)33)13-26-29(23)2/h3-13,15H,14H2,1-2H3,(H,27,32). The highest BCUT2D eigenvalue weighted by Crippen LogP contribution is 2.25. The number of fused-ring (bicyclic) bond motifs is 1. The van der Waals surface area contributed by atoms with Crippen LogP contribution in [0.4, 0.5) is 5.82 Å². The van der Waals surface area contributed by atoms with Crippen molar-refractivity contribution in [1.82, 2.24) is 29.1 Å². The third-order valence-electron chi connectivity index (χ3n) is 5.36. The Morgan fingerprint density at radius 1 is 1.06 bits per heavy atom. The maximum atomic E-state index is 12.9. The molecule has 0 spiro atoms. The number of anilines is 1. The fourth-order valence-electron chi connectivity index (χ4n) is 3.62. The molecule has 3 aromatic heterocycles. The molecule has 9 heteroatoms. The van der Waals surface area contributed by atoms with E-state index in [0.717, 1.165) is 22.5 Å². The zero-order valence-corrected chi connectivity index (χ0v) is 18.1. The van der Waals surface area contributed by atoms with Crippen LogP contribution in [0, 0.1) is 6.92 Å². The normalized spacial score (nSPS) is 11.1. The molecule has 33 heavy (non-hydrogen) atoms. The van der Waals surface area contributed by atoms with Gasteiger partial charge in [0, 0.05) is 18.7 Å². The lowest BCUT2D eigenvalue weighted by atomic mass is 10.1. The number of hydrogen-bond donors (Lipinski definition) is 1. The molecule has 5 rings (SSSR count). The minimum absolute atomic E-state index is 0.184. The van der Waals surface area contributed by atoms with Gasteiger partial charge in [0.1, 0.15) is 24.1 Å². The minimum atomic E-state index is -0.366. The van der Waals surface area contributed by atoms with Gasteiger partial charge in [-0.25, -0.2) is 9.67 Å². The highest BCUT2D eigenvalue weighted by molar-refractivity contribution is 5.91. The van der Waals surface area contributed by atoms with Crippen molar-refractivity contribution in [3.8, 4) is 16.9 Å². The van der Waals surface area contributed by atoms with Gasteiger partial charge in [-0.1, -0.05) is 48.0 Å². The van der Waals surface area contributed by atoms with Crippen LogP contribution in [0.3, 0.4) is 0 Å². The first-order chi connectivity index (χ1) is 16.0. The van der Waals surface area contributed by atoms with Crippen LogP contribution >= 0.6 is 0 Å². The van der Waals surface area contributed by atoms with E-state index in [9.17, 15) is 9.59 Å². The Balaban J connectivity index is 1.47. The molecule has 0 radical (unpaired) electrons. The van der Waals surface area contributed by atoms with Crippen molar-refractivity contribution < 1.29 is 4.79 Å². The van der Waals surface area contributed by atoms with Crippen LogP contribution in [0.25, 0.3) is 28.0 Å². The maximum Gasteiger partial charge on any atom is 0.264 e. The Kier molecular flexibility index (Phi) is 5.06. The summed E-state index contributed by atoms with van der Waals surface area (Å²) in [5.74, 6) is 0.139. The summed E-state index contributed by atoms with van der Waals surface area (Å²) in [5.41, 5.74) is 3.78. The molecule has 2 aromatic carbocycles. The van der Waals surface area contributed by atoms with E-state index >= 15 is 0 Å². The summed E-state index contributed by atoms with van der Waals surface area (Å²) in [6, 6.07) is 19.4. The highest BCUT2D eigenvalue weighted by Gasteiger charge is 2.16. The number of aromatic nitrogens is 6. The number of nitrogens with zero attached hydrogens (tertiary/aromatic N) is 6. The zero-order valence-electron chi connectivity index (χ0n) is 18.1. The lowest BCUT2D eigenvalue weighted by Crippen LogP contribution is -2.28. The Morgan fingerprint density at radius 3 is 2.58 bits per heavy atom. The third-order valence-corrected chi connectivity index (χ3v) is 5.36. The summed E-state index contributed by atoms with van der Waals surface area (Å²) >= 11 is 0. The molecule has 0 unspecified atom stereocenters. The maximum absolute atomic E-state index is 12.9. The Labute approximate surface area is 188 Å². The lowest BCUT2D eigenvalue weighted by molar-refractivity contribution is -0.116. The van der Waals surface area contributed by atoms with E-state index in [1.165, 1.54) is 21.8 Å². The largest absolute Gasteiger partial charge is 0.309 e. The molecule has 0 fully saturated rings. The van der Waals surface area contributed by atoms with Crippen LogP contribution in [0.1, 0.15) is 5.56 Å². The minimum Gasteiger partial charge on any atom is -0.309 e. The van der Waals surface area contributed by atoms with E-state index in [0.29, 0.717) is 16.9 Å². The molecule has 3 heterocycles. The Hall–Kier alpha value is -4.53. The van der Waals surface area contributed by atoms with Crippen LogP contribution in [-0.2, 0) is 18.4 Å². The van der Waals surface area contributed by atoms with Crippen LogP contribution in [-0.4, -0.2) is 35.0 Å². The molecule has 0 atom stereocenters. The predicted octanol–water partition coefficient (Wildman–Crippen LogP) is 2.93. The number of amides is 1. The summed E-state index contributed by atoms with van der Waals surface area (Å²) in [7, 11) is 1.71. The molecule has 1 N–H and O–H groups in total. The summed E-state index contributed by atoms with van der Waals surface area (Å²) < 4.78 is 4.47. The van der Waals surface area contributed by atoms with Gasteiger partial charge in [0.25, 0.3) is 5.56 Å². The number of hydrogen-bond acceptors (Lipinski definition) is 5. The number of carbonyl (C=O) groups is 1. The van der Waals surface area contributed by atoms with Gasteiger partial charge in [-0.05, 0) is 19.1 Å². The van der Waals surface area contributed by atoms with E-state index < -0.39 is 0 Å². The van der Waals surface area contributed by atoms with Crippen molar-refractivity contribution in [2.45, 2.75) is 13.5 Å². The lowest BCUT2D eigenvalue weighted by Gasteiger charge is -2.10. The quantitative estimate of drug-likeness (QED) is 0.454. The van der Waals surface area contributed by atoms with Gasteiger partial charge in [0.05, 0.1) is 17.6 Å². The fourth-order valence-corrected chi connectivity index (χ4v) is 3.62. The average molecular weight is 439 g/mol. The molecule has 0 bridgehead atoms. The molecule has 1 amide bonds. The van der Waals surface area contributed by atoms with E-state index in [4.69, 9.17) is 5.10 Å². The molecule has 9 nitrogen and oxygen atoms in total. The van der Waals surface area contributed by atoms with Gasteiger partial charge in [0.15, 0.2) is 5.65 Å². The van der Waals surface area contributed by atoms with E-state index in [-0.39, 0.29) is 18.0 Å². The molecule has 0 aliphatic heterocycles. The second kappa shape index (κ2) is 8.19. The van der Waals surface area contributed by atoms with E-state index in [1.807, 2.05) is 67.6 Å². The predicted molar refractivity (Wildman–Crippen MR) is 125 cm³/mol. The zero-order chi connectivity index (χ0) is 22.9. The SMILES string of the molecule is Cc1ccc(-c2cc(NC(=O)Cn3cnc4c(cnn4C)c3=O)n(-c3ccccc3)n2)cc1. The summed E-state index contributed by atoms with van der Waals surface area (Å²) in [4.78, 5) is 29.8. The Morgan fingerprint density at radius 2 is 1.82 bits per heavy atom. The van der Waals surface area contributed by atoms with Crippen molar-refractivity contribution >= 4 is 22.8 Å². The molecule has 0 saturated carbocycles. The second-order valence-corrected chi connectivity index (χ2v) is 7.76. The van der Waals surface area contributed by atoms with Crippen molar-refractivity contribution in [2.24, 2.45) is 7.05 Å². The molecule has 0 aliphatic carbocycles.